The number of alkyl halides is 4. The molecule has 2 N–H and O–H groups in total. The molecule has 2 rings (SSSR count). The molecule has 0 amide bonds. The van der Waals surface area contributed by atoms with E-state index in [-0.39, 0.29) is 24.1 Å². The van der Waals surface area contributed by atoms with Gasteiger partial charge in [0.2, 0.25) is 0 Å². The Morgan fingerprint density at radius 3 is 2.32 bits per heavy atom. The summed E-state index contributed by atoms with van der Waals surface area (Å²) in [6.07, 6.45) is -6.54. The van der Waals surface area contributed by atoms with Gasteiger partial charge in [-0.2, -0.15) is 17.6 Å². The van der Waals surface area contributed by atoms with Crippen molar-refractivity contribution in [2.45, 2.75) is 31.4 Å². The van der Waals surface area contributed by atoms with Crippen LogP contribution in [0.4, 0.5) is 17.6 Å². The Hall–Kier alpha value is -1.01. The molecule has 1 aliphatic carbocycles. The van der Waals surface area contributed by atoms with E-state index < -0.39 is 18.6 Å². The average molecular weight is 300 g/mol. The number of nitrogens with two attached hydrogens (primary N) is 1. The van der Waals surface area contributed by atoms with Gasteiger partial charge in [-0.1, -0.05) is 18.2 Å². The van der Waals surface area contributed by atoms with Crippen LogP contribution in [0.3, 0.4) is 0 Å². The second kappa shape index (κ2) is 5.96. The van der Waals surface area contributed by atoms with Crippen LogP contribution in [0.2, 0.25) is 0 Å². The number of benzene rings is 1. The van der Waals surface area contributed by atoms with Crippen molar-refractivity contribution >= 4 is 12.4 Å². The summed E-state index contributed by atoms with van der Waals surface area (Å²) in [4.78, 5) is 0. The molecule has 0 saturated heterocycles. The molecule has 19 heavy (non-hydrogen) atoms. The smallest absolute Gasteiger partial charge is 0.428 e. The predicted molar refractivity (Wildman–Crippen MR) is 64.9 cm³/mol. The minimum Gasteiger partial charge on any atom is -0.428 e. The van der Waals surface area contributed by atoms with Crippen LogP contribution >= 0.6 is 12.4 Å². The van der Waals surface area contributed by atoms with E-state index in [0.29, 0.717) is 5.56 Å². The van der Waals surface area contributed by atoms with E-state index >= 15 is 0 Å². The Bertz CT molecular complexity index is 426. The van der Waals surface area contributed by atoms with Crippen LogP contribution in [0.1, 0.15) is 24.4 Å². The summed E-state index contributed by atoms with van der Waals surface area (Å²) in [6, 6.07) is 5.37. The van der Waals surface area contributed by atoms with E-state index in [1.54, 1.807) is 6.07 Å². The lowest BCUT2D eigenvalue weighted by atomic mass is 10.0. The second-order valence-corrected chi connectivity index (χ2v) is 4.37. The van der Waals surface area contributed by atoms with Crippen molar-refractivity contribution < 1.29 is 22.3 Å². The maximum atomic E-state index is 12.9. The van der Waals surface area contributed by atoms with Crippen LogP contribution in [0, 0.1) is 5.92 Å². The van der Waals surface area contributed by atoms with Crippen LogP contribution in [0.15, 0.2) is 24.3 Å². The Morgan fingerprint density at radius 2 is 1.79 bits per heavy atom. The summed E-state index contributed by atoms with van der Waals surface area (Å²) >= 11 is 0. The first kappa shape index (κ1) is 16.0. The number of para-hydroxylation sites is 1. The molecule has 1 atom stereocenters. The zero-order chi connectivity index (χ0) is 13.3. The third kappa shape index (κ3) is 3.73. The second-order valence-electron chi connectivity index (χ2n) is 4.37. The quantitative estimate of drug-likeness (QED) is 0.840. The fourth-order valence-corrected chi connectivity index (χ4v) is 1.75. The zero-order valence-corrected chi connectivity index (χ0v) is 10.7. The average Bonchev–Trinajstić information content (AvgIpc) is 3.12. The maximum Gasteiger partial charge on any atom is 0.461 e. The summed E-state index contributed by atoms with van der Waals surface area (Å²) in [5.41, 5.74) is 6.23. The van der Waals surface area contributed by atoms with Gasteiger partial charge in [0.1, 0.15) is 5.75 Å². The highest BCUT2D eigenvalue weighted by Crippen LogP contribution is 2.43. The van der Waals surface area contributed by atoms with Gasteiger partial charge in [-0.15, -0.1) is 12.4 Å². The molecule has 0 bridgehead atoms. The maximum absolute atomic E-state index is 12.9. The summed E-state index contributed by atoms with van der Waals surface area (Å²) < 4.78 is 54.1. The third-order valence-electron chi connectivity index (χ3n) is 2.91. The normalized spacial score (nSPS) is 16.9. The van der Waals surface area contributed by atoms with Crippen molar-refractivity contribution in [3.8, 4) is 5.75 Å². The molecule has 2 nitrogen and oxygen atoms in total. The fraction of sp³-hybridized carbons (Fsp3) is 0.500. The third-order valence-corrected chi connectivity index (χ3v) is 2.91. The lowest BCUT2D eigenvalue weighted by Gasteiger charge is -2.21. The minimum atomic E-state index is -4.50. The van der Waals surface area contributed by atoms with Crippen molar-refractivity contribution in [2.24, 2.45) is 11.7 Å². The molecular weight excluding hydrogens is 286 g/mol. The van der Waals surface area contributed by atoms with E-state index in [1.807, 2.05) is 0 Å². The van der Waals surface area contributed by atoms with Gasteiger partial charge in [0.05, 0.1) is 0 Å². The molecule has 0 unspecified atom stereocenters. The van der Waals surface area contributed by atoms with Crippen molar-refractivity contribution in [1.29, 1.82) is 0 Å². The molecule has 7 heteroatoms. The van der Waals surface area contributed by atoms with Gasteiger partial charge in [0.25, 0.3) is 0 Å². The van der Waals surface area contributed by atoms with Crippen LogP contribution in [0.5, 0.6) is 5.75 Å². The highest BCUT2D eigenvalue weighted by Gasteiger charge is 2.44. The lowest BCUT2D eigenvalue weighted by molar-refractivity contribution is -0.253. The van der Waals surface area contributed by atoms with Crippen LogP contribution < -0.4 is 10.5 Å². The number of hydrogen-bond donors (Lipinski definition) is 1. The van der Waals surface area contributed by atoms with E-state index in [2.05, 4.69) is 4.74 Å². The topological polar surface area (TPSA) is 35.2 Å². The molecular formula is C12H14ClF4NO. The van der Waals surface area contributed by atoms with Gasteiger partial charge >= 0.3 is 12.5 Å². The molecule has 1 saturated carbocycles. The molecule has 1 aliphatic rings. The van der Waals surface area contributed by atoms with Crippen LogP contribution in [0.25, 0.3) is 0 Å². The first-order valence-electron chi connectivity index (χ1n) is 5.61. The molecule has 1 aromatic carbocycles. The van der Waals surface area contributed by atoms with Gasteiger partial charge in [-0.05, 0) is 24.8 Å². The number of halogens is 5. The molecule has 0 heterocycles. The van der Waals surface area contributed by atoms with Gasteiger partial charge in [0.15, 0.2) is 0 Å². The monoisotopic (exact) mass is 299 g/mol. The predicted octanol–water partition coefficient (Wildman–Crippen LogP) is 3.75. The minimum absolute atomic E-state index is 0. The Labute approximate surface area is 114 Å². The SMILES string of the molecule is Cl.N[C@H](c1ccccc1OC(F)(F)C(F)F)C1CC1. The van der Waals surface area contributed by atoms with E-state index in [1.165, 1.54) is 18.2 Å². The van der Waals surface area contributed by atoms with Crippen molar-refractivity contribution in [1.82, 2.24) is 0 Å². The number of ether oxygens (including phenoxy) is 1. The zero-order valence-electron chi connectivity index (χ0n) is 9.86. The lowest BCUT2D eigenvalue weighted by Crippen LogP contribution is -2.34. The summed E-state index contributed by atoms with van der Waals surface area (Å²) in [6.45, 7) is 0. The van der Waals surface area contributed by atoms with Gasteiger partial charge < -0.3 is 10.5 Å². The highest BCUT2D eigenvalue weighted by atomic mass is 35.5. The van der Waals surface area contributed by atoms with Gasteiger partial charge in [-0.25, -0.2) is 0 Å². The standard InChI is InChI=1S/C12H13F4NO.ClH/c13-11(14)12(15,16)18-9-4-2-1-3-8(9)10(17)7-5-6-7;/h1-4,7,10-11H,5-6,17H2;1H/t10-;/m0./s1. The first-order chi connectivity index (χ1) is 8.42. The molecule has 0 spiro atoms. The van der Waals surface area contributed by atoms with E-state index in [4.69, 9.17) is 5.73 Å². The van der Waals surface area contributed by atoms with Gasteiger partial charge in [0, 0.05) is 11.6 Å². The Balaban J connectivity index is 0.00000180. The summed E-state index contributed by atoms with van der Waals surface area (Å²) in [5, 5.41) is 0. The first-order valence-corrected chi connectivity index (χ1v) is 5.61. The van der Waals surface area contributed by atoms with Crippen molar-refractivity contribution in [2.75, 3.05) is 0 Å². The molecule has 0 aliphatic heterocycles. The summed E-state index contributed by atoms with van der Waals surface area (Å²) in [5.74, 6) is -0.0582. The molecule has 0 radical (unpaired) electrons. The van der Waals surface area contributed by atoms with E-state index in [9.17, 15) is 17.6 Å². The van der Waals surface area contributed by atoms with Crippen LogP contribution in [-0.2, 0) is 0 Å². The molecule has 0 aromatic heterocycles. The molecule has 1 fully saturated rings. The van der Waals surface area contributed by atoms with E-state index in [0.717, 1.165) is 12.8 Å². The Kier molecular flexibility index (Phi) is 5.04. The highest BCUT2D eigenvalue weighted by molar-refractivity contribution is 5.85. The van der Waals surface area contributed by atoms with Crippen molar-refractivity contribution in [3.63, 3.8) is 0 Å². The van der Waals surface area contributed by atoms with Crippen molar-refractivity contribution in [3.05, 3.63) is 29.8 Å². The largest absolute Gasteiger partial charge is 0.461 e. The molecule has 108 valence electrons. The Morgan fingerprint density at radius 1 is 1.21 bits per heavy atom. The van der Waals surface area contributed by atoms with Gasteiger partial charge in [-0.3, -0.25) is 0 Å². The molecule has 1 aromatic rings. The van der Waals surface area contributed by atoms with Crippen LogP contribution in [-0.4, -0.2) is 12.5 Å². The number of hydrogen-bond acceptors (Lipinski definition) is 2. The summed E-state index contributed by atoms with van der Waals surface area (Å²) in [7, 11) is 0. The number of rotatable bonds is 5. The fourth-order valence-electron chi connectivity index (χ4n) is 1.75.